The lowest BCUT2D eigenvalue weighted by molar-refractivity contribution is -0.0479. The SMILES string of the molecule is CC1CN(c2c(F)cccc2C2OCC(Br)O2)CC(C)O1. The molecule has 0 aliphatic carbocycles. The Kier molecular flexibility index (Phi) is 4.49. The van der Waals surface area contributed by atoms with Crippen molar-refractivity contribution in [3.63, 3.8) is 0 Å². The number of nitrogens with zero attached hydrogens (tertiary/aromatic N) is 1. The smallest absolute Gasteiger partial charge is 0.187 e. The van der Waals surface area contributed by atoms with Crippen LogP contribution >= 0.6 is 15.9 Å². The van der Waals surface area contributed by atoms with E-state index in [2.05, 4.69) is 15.9 Å². The van der Waals surface area contributed by atoms with E-state index in [0.29, 0.717) is 25.4 Å². The van der Waals surface area contributed by atoms with E-state index in [1.54, 1.807) is 6.07 Å². The fourth-order valence-corrected chi connectivity index (χ4v) is 3.30. The number of halogens is 2. The van der Waals surface area contributed by atoms with Crippen molar-refractivity contribution in [1.82, 2.24) is 0 Å². The van der Waals surface area contributed by atoms with Crippen LogP contribution in [0.25, 0.3) is 0 Å². The van der Waals surface area contributed by atoms with E-state index in [-0.39, 0.29) is 23.0 Å². The summed E-state index contributed by atoms with van der Waals surface area (Å²) >= 11 is 3.36. The van der Waals surface area contributed by atoms with Crippen molar-refractivity contribution in [2.75, 3.05) is 24.6 Å². The molecule has 2 aliphatic heterocycles. The highest BCUT2D eigenvalue weighted by Crippen LogP contribution is 2.37. The fraction of sp³-hybridized carbons (Fsp3) is 0.600. The average Bonchev–Trinajstić information content (AvgIpc) is 2.83. The van der Waals surface area contributed by atoms with Gasteiger partial charge in [-0.15, -0.1) is 0 Å². The summed E-state index contributed by atoms with van der Waals surface area (Å²) in [6.45, 7) is 5.77. The number of ether oxygens (including phenoxy) is 3. The third kappa shape index (κ3) is 3.23. The van der Waals surface area contributed by atoms with Gasteiger partial charge in [-0.3, -0.25) is 0 Å². The first-order valence-corrected chi connectivity index (χ1v) is 8.06. The summed E-state index contributed by atoms with van der Waals surface area (Å²) in [6, 6.07) is 5.03. The molecule has 2 saturated heterocycles. The molecule has 0 aromatic heterocycles. The summed E-state index contributed by atoms with van der Waals surface area (Å²) in [5.41, 5.74) is 1.30. The highest BCUT2D eigenvalue weighted by Gasteiger charge is 2.32. The lowest BCUT2D eigenvalue weighted by Crippen LogP contribution is -2.46. The molecule has 4 atom stereocenters. The molecular formula is C15H19BrFNO3. The van der Waals surface area contributed by atoms with Crippen LogP contribution in [0.4, 0.5) is 10.1 Å². The van der Waals surface area contributed by atoms with Crippen molar-refractivity contribution in [2.45, 2.75) is 37.4 Å². The Labute approximate surface area is 132 Å². The van der Waals surface area contributed by atoms with Crippen LogP contribution in [-0.4, -0.2) is 36.9 Å². The molecule has 3 rings (SSSR count). The van der Waals surface area contributed by atoms with Crippen LogP contribution in [-0.2, 0) is 14.2 Å². The topological polar surface area (TPSA) is 30.9 Å². The second kappa shape index (κ2) is 6.20. The maximum Gasteiger partial charge on any atom is 0.187 e. The van der Waals surface area contributed by atoms with Crippen molar-refractivity contribution < 1.29 is 18.6 Å². The predicted molar refractivity (Wildman–Crippen MR) is 81.1 cm³/mol. The Hall–Kier alpha value is -0.690. The highest BCUT2D eigenvalue weighted by molar-refractivity contribution is 9.09. The van der Waals surface area contributed by atoms with Gasteiger partial charge >= 0.3 is 0 Å². The molecule has 4 nitrogen and oxygen atoms in total. The van der Waals surface area contributed by atoms with Gasteiger partial charge in [0.15, 0.2) is 6.29 Å². The molecule has 21 heavy (non-hydrogen) atoms. The number of hydrogen-bond acceptors (Lipinski definition) is 4. The van der Waals surface area contributed by atoms with Gasteiger partial charge in [-0.05, 0) is 19.9 Å². The fourth-order valence-electron chi connectivity index (χ4n) is 2.96. The molecule has 6 heteroatoms. The molecule has 2 fully saturated rings. The molecule has 1 aromatic rings. The highest BCUT2D eigenvalue weighted by atomic mass is 79.9. The monoisotopic (exact) mass is 359 g/mol. The van der Waals surface area contributed by atoms with Crippen molar-refractivity contribution in [3.8, 4) is 0 Å². The first-order valence-electron chi connectivity index (χ1n) is 7.14. The van der Waals surface area contributed by atoms with Gasteiger partial charge in [0.25, 0.3) is 0 Å². The first-order chi connectivity index (χ1) is 10.0. The normalized spacial score (nSPS) is 33.4. The molecule has 0 amide bonds. The van der Waals surface area contributed by atoms with E-state index < -0.39 is 6.29 Å². The minimum atomic E-state index is -0.534. The number of benzene rings is 1. The molecule has 0 spiro atoms. The van der Waals surface area contributed by atoms with E-state index in [1.807, 2.05) is 24.8 Å². The Morgan fingerprint density at radius 1 is 1.19 bits per heavy atom. The second-order valence-electron chi connectivity index (χ2n) is 5.55. The standard InChI is InChI=1S/C15H19BrFNO3/c1-9-6-18(7-10(2)20-9)14-11(4-3-5-12(14)17)15-19-8-13(16)21-15/h3-5,9-10,13,15H,6-8H2,1-2H3. The molecule has 0 radical (unpaired) electrons. The summed E-state index contributed by atoms with van der Waals surface area (Å²) in [6.07, 6.45) is -0.403. The Bertz CT molecular complexity index is 506. The first kappa shape index (κ1) is 15.2. The molecule has 0 bridgehead atoms. The predicted octanol–water partition coefficient (Wildman–Crippen LogP) is 3.21. The number of rotatable bonds is 2. The Balaban J connectivity index is 1.93. The lowest BCUT2D eigenvalue weighted by Gasteiger charge is -2.38. The zero-order chi connectivity index (χ0) is 15.0. The van der Waals surface area contributed by atoms with Crippen LogP contribution in [0.5, 0.6) is 0 Å². The summed E-state index contributed by atoms with van der Waals surface area (Å²) in [4.78, 5) is 2.03. The van der Waals surface area contributed by atoms with Crippen LogP contribution in [0.15, 0.2) is 18.2 Å². The van der Waals surface area contributed by atoms with E-state index >= 15 is 0 Å². The summed E-state index contributed by atoms with van der Waals surface area (Å²) < 4.78 is 31.4. The van der Waals surface area contributed by atoms with E-state index in [9.17, 15) is 4.39 Å². The number of alkyl halides is 1. The summed E-state index contributed by atoms with van der Waals surface area (Å²) in [5, 5.41) is -0.152. The van der Waals surface area contributed by atoms with E-state index in [4.69, 9.17) is 14.2 Å². The third-order valence-electron chi connectivity index (χ3n) is 3.66. The van der Waals surface area contributed by atoms with Crippen LogP contribution in [0.2, 0.25) is 0 Å². The lowest BCUT2D eigenvalue weighted by atomic mass is 10.1. The molecule has 2 aliphatic rings. The van der Waals surface area contributed by atoms with E-state index in [1.165, 1.54) is 6.07 Å². The third-order valence-corrected chi connectivity index (χ3v) is 4.14. The zero-order valence-corrected chi connectivity index (χ0v) is 13.7. The second-order valence-corrected chi connectivity index (χ2v) is 6.57. The van der Waals surface area contributed by atoms with Crippen LogP contribution in [0.1, 0.15) is 25.7 Å². The van der Waals surface area contributed by atoms with Crippen LogP contribution in [0.3, 0.4) is 0 Å². The van der Waals surface area contributed by atoms with Gasteiger partial charge in [0.05, 0.1) is 24.5 Å². The summed E-state index contributed by atoms with van der Waals surface area (Å²) in [7, 11) is 0. The molecule has 2 heterocycles. The minimum absolute atomic E-state index is 0.0653. The van der Waals surface area contributed by atoms with Crippen molar-refractivity contribution in [2.24, 2.45) is 0 Å². The largest absolute Gasteiger partial charge is 0.372 e. The quantitative estimate of drug-likeness (QED) is 0.758. The number of hydrogen-bond donors (Lipinski definition) is 0. The van der Waals surface area contributed by atoms with Gasteiger partial charge < -0.3 is 19.1 Å². The maximum absolute atomic E-state index is 14.4. The van der Waals surface area contributed by atoms with Gasteiger partial charge in [-0.2, -0.15) is 0 Å². The van der Waals surface area contributed by atoms with Crippen molar-refractivity contribution in [1.29, 1.82) is 0 Å². The summed E-state index contributed by atoms with van der Waals surface area (Å²) in [5.74, 6) is -0.251. The number of morpholine rings is 1. The van der Waals surface area contributed by atoms with Crippen LogP contribution in [0, 0.1) is 5.82 Å². The maximum atomic E-state index is 14.4. The number of anilines is 1. The molecule has 4 unspecified atom stereocenters. The molecule has 0 N–H and O–H groups in total. The van der Waals surface area contributed by atoms with Gasteiger partial charge in [0, 0.05) is 18.7 Å². The Morgan fingerprint density at radius 3 is 2.52 bits per heavy atom. The van der Waals surface area contributed by atoms with Crippen LogP contribution < -0.4 is 4.90 Å². The molecule has 0 saturated carbocycles. The van der Waals surface area contributed by atoms with E-state index in [0.717, 1.165) is 5.56 Å². The van der Waals surface area contributed by atoms with Gasteiger partial charge in [0.2, 0.25) is 0 Å². The number of para-hydroxylation sites is 1. The molecule has 1 aromatic carbocycles. The zero-order valence-electron chi connectivity index (χ0n) is 12.1. The molecular weight excluding hydrogens is 341 g/mol. The van der Waals surface area contributed by atoms with Crippen molar-refractivity contribution in [3.05, 3.63) is 29.6 Å². The van der Waals surface area contributed by atoms with Gasteiger partial charge in [-0.25, -0.2) is 4.39 Å². The van der Waals surface area contributed by atoms with Gasteiger partial charge in [0.1, 0.15) is 10.8 Å². The van der Waals surface area contributed by atoms with Gasteiger partial charge in [-0.1, -0.05) is 28.1 Å². The minimum Gasteiger partial charge on any atom is -0.372 e. The molecule has 116 valence electrons. The van der Waals surface area contributed by atoms with Crippen molar-refractivity contribution >= 4 is 21.6 Å². The Morgan fingerprint density at radius 2 is 1.90 bits per heavy atom. The average molecular weight is 360 g/mol.